The van der Waals surface area contributed by atoms with E-state index in [1.165, 1.54) is 24.9 Å². The van der Waals surface area contributed by atoms with Crippen molar-refractivity contribution in [3.63, 3.8) is 0 Å². The molecule has 154 valence electrons. The topological polar surface area (TPSA) is 123 Å². The smallest absolute Gasteiger partial charge is 0.335 e. The molecule has 1 aliphatic carbocycles. The van der Waals surface area contributed by atoms with Crippen LogP contribution in [0.5, 0.6) is 6.01 Å². The molecule has 29 heavy (non-hydrogen) atoms. The normalized spacial score (nSPS) is 17.5. The lowest BCUT2D eigenvalue weighted by molar-refractivity contribution is 0.256. The maximum absolute atomic E-state index is 12.8. The Labute approximate surface area is 173 Å². The van der Waals surface area contributed by atoms with Crippen LogP contribution in [-0.2, 0) is 16.4 Å². The van der Waals surface area contributed by atoms with Gasteiger partial charge < -0.3 is 4.74 Å². The predicted molar refractivity (Wildman–Crippen MR) is 108 cm³/mol. The summed E-state index contributed by atoms with van der Waals surface area (Å²) in [4.78, 5) is 25.5. The van der Waals surface area contributed by atoms with Crippen molar-refractivity contribution in [2.45, 2.75) is 53.6 Å². The number of nitrogens with zero attached hydrogens (tertiary/aromatic N) is 3. The van der Waals surface area contributed by atoms with Gasteiger partial charge in [-0.2, -0.15) is 15.0 Å². The standard InChI is InChI=1S/C18H21N5O4S2/c1-18(2)9-11-5-4-6-12(13(11)28-18)29(25,26)23-16(24)21-15-19-14(10-7-8-10)20-17(22-15)27-3/h4-6,10H,7-9H2,1-3H3,(H2,19,20,21,22,23,24). The average molecular weight is 436 g/mol. The van der Waals surface area contributed by atoms with E-state index in [1.807, 2.05) is 10.8 Å². The molecule has 4 rings (SSSR count). The number of thioether (sulfide) groups is 1. The first-order chi connectivity index (χ1) is 13.7. The number of ether oxygens (including phenoxy) is 1. The van der Waals surface area contributed by atoms with E-state index >= 15 is 0 Å². The van der Waals surface area contributed by atoms with E-state index in [-0.39, 0.29) is 27.5 Å². The number of amides is 2. The number of urea groups is 1. The summed E-state index contributed by atoms with van der Waals surface area (Å²) < 4.78 is 32.7. The van der Waals surface area contributed by atoms with E-state index in [0.29, 0.717) is 10.7 Å². The number of hydrogen-bond donors (Lipinski definition) is 2. The summed E-state index contributed by atoms with van der Waals surface area (Å²) in [5, 5.41) is 2.37. The molecule has 1 saturated carbocycles. The number of methoxy groups -OCH3 is 1. The van der Waals surface area contributed by atoms with Crippen molar-refractivity contribution in [3.05, 3.63) is 29.6 Å². The third-order valence-corrected chi connectivity index (χ3v) is 7.44. The lowest BCUT2D eigenvalue weighted by Gasteiger charge is -2.15. The van der Waals surface area contributed by atoms with Gasteiger partial charge in [0.1, 0.15) is 10.7 Å². The fourth-order valence-electron chi connectivity index (χ4n) is 3.15. The maximum atomic E-state index is 12.8. The second-order valence-corrected chi connectivity index (χ2v) is 11.0. The molecule has 0 spiro atoms. The van der Waals surface area contributed by atoms with Gasteiger partial charge in [-0.3, -0.25) is 5.32 Å². The van der Waals surface area contributed by atoms with Gasteiger partial charge in [-0.1, -0.05) is 26.0 Å². The van der Waals surface area contributed by atoms with Crippen molar-refractivity contribution < 1.29 is 17.9 Å². The zero-order valence-corrected chi connectivity index (χ0v) is 17.9. The lowest BCUT2D eigenvalue weighted by atomic mass is 10.0. The molecule has 11 heteroatoms. The summed E-state index contributed by atoms with van der Waals surface area (Å²) in [6.07, 6.45) is 2.68. The molecule has 2 aliphatic rings. The van der Waals surface area contributed by atoms with Crippen LogP contribution in [0.4, 0.5) is 10.7 Å². The molecule has 0 bridgehead atoms. The number of rotatable bonds is 5. The van der Waals surface area contributed by atoms with Crippen molar-refractivity contribution in [1.82, 2.24) is 19.7 Å². The molecule has 2 heterocycles. The van der Waals surface area contributed by atoms with Crippen LogP contribution in [0.2, 0.25) is 0 Å². The number of aromatic nitrogens is 3. The molecule has 0 radical (unpaired) electrons. The van der Waals surface area contributed by atoms with Gasteiger partial charge in [0.05, 0.1) is 7.11 Å². The van der Waals surface area contributed by atoms with Crippen LogP contribution in [-0.4, -0.2) is 41.3 Å². The summed E-state index contributed by atoms with van der Waals surface area (Å²) in [6, 6.07) is 4.22. The predicted octanol–water partition coefficient (Wildman–Crippen LogP) is 2.69. The van der Waals surface area contributed by atoms with E-state index in [4.69, 9.17) is 4.74 Å². The minimum absolute atomic E-state index is 0.0553. The Bertz CT molecular complexity index is 1080. The number of hydrogen-bond acceptors (Lipinski definition) is 8. The van der Waals surface area contributed by atoms with Crippen LogP contribution in [0.25, 0.3) is 0 Å². The summed E-state index contributed by atoms with van der Waals surface area (Å²) in [7, 11) is -2.66. The third kappa shape index (κ3) is 4.30. The number of fused-ring (bicyclic) bond motifs is 1. The molecule has 2 amide bonds. The molecule has 2 N–H and O–H groups in total. The van der Waals surface area contributed by atoms with Gasteiger partial charge in [0.15, 0.2) is 0 Å². The third-order valence-electron chi connectivity index (χ3n) is 4.55. The van der Waals surface area contributed by atoms with Crippen molar-refractivity contribution in [3.8, 4) is 6.01 Å². The number of benzene rings is 1. The van der Waals surface area contributed by atoms with E-state index < -0.39 is 16.1 Å². The van der Waals surface area contributed by atoms with E-state index in [9.17, 15) is 13.2 Å². The Hall–Kier alpha value is -2.40. The minimum atomic E-state index is -4.07. The van der Waals surface area contributed by atoms with E-state index in [2.05, 4.69) is 34.1 Å². The van der Waals surface area contributed by atoms with Crippen molar-refractivity contribution in [1.29, 1.82) is 0 Å². The number of sulfonamides is 1. The van der Waals surface area contributed by atoms with Gasteiger partial charge in [-0.15, -0.1) is 11.8 Å². The number of nitrogens with one attached hydrogen (secondary N) is 2. The molecular formula is C18H21N5O4S2. The van der Waals surface area contributed by atoms with Crippen LogP contribution < -0.4 is 14.8 Å². The Morgan fingerprint density at radius 1 is 1.24 bits per heavy atom. The van der Waals surface area contributed by atoms with Gasteiger partial charge in [0.25, 0.3) is 10.0 Å². The first-order valence-electron chi connectivity index (χ1n) is 9.11. The molecular weight excluding hydrogens is 414 g/mol. The first-order valence-corrected chi connectivity index (χ1v) is 11.4. The maximum Gasteiger partial charge on any atom is 0.335 e. The second-order valence-electron chi connectivity index (χ2n) is 7.62. The molecule has 2 aromatic rings. The van der Waals surface area contributed by atoms with Gasteiger partial charge in [-0.25, -0.2) is 17.9 Å². The van der Waals surface area contributed by atoms with Crippen LogP contribution >= 0.6 is 11.8 Å². The zero-order chi connectivity index (χ0) is 20.8. The quantitative estimate of drug-likeness (QED) is 0.735. The molecule has 9 nitrogen and oxygen atoms in total. The van der Waals surface area contributed by atoms with Crippen molar-refractivity contribution >= 4 is 33.8 Å². The summed E-state index contributed by atoms with van der Waals surface area (Å²) in [6.45, 7) is 4.11. The Morgan fingerprint density at radius 3 is 2.69 bits per heavy atom. The van der Waals surface area contributed by atoms with Crippen molar-refractivity contribution in [2.24, 2.45) is 0 Å². The molecule has 1 aromatic heterocycles. The monoisotopic (exact) mass is 435 g/mol. The van der Waals surface area contributed by atoms with E-state index in [0.717, 1.165) is 24.8 Å². The summed E-state index contributed by atoms with van der Waals surface area (Å²) in [5.41, 5.74) is 0.958. The van der Waals surface area contributed by atoms with Gasteiger partial charge in [-0.05, 0) is 30.9 Å². The SMILES string of the molecule is COc1nc(NC(=O)NS(=O)(=O)c2cccc3c2SC(C)(C)C3)nc(C2CC2)n1. The number of carbonyl (C=O) groups excluding carboxylic acids is 1. The van der Waals surface area contributed by atoms with Crippen LogP contribution in [0, 0.1) is 0 Å². The van der Waals surface area contributed by atoms with E-state index in [1.54, 1.807) is 6.07 Å². The zero-order valence-electron chi connectivity index (χ0n) is 16.2. The highest BCUT2D eigenvalue weighted by molar-refractivity contribution is 8.01. The molecule has 0 unspecified atom stereocenters. The molecule has 1 fully saturated rings. The number of anilines is 1. The van der Waals surface area contributed by atoms with Gasteiger partial charge >= 0.3 is 12.0 Å². The fraction of sp³-hybridized carbons (Fsp3) is 0.444. The molecule has 0 atom stereocenters. The highest BCUT2D eigenvalue weighted by Gasteiger charge is 2.34. The highest BCUT2D eigenvalue weighted by Crippen LogP contribution is 2.47. The van der Waals surface area contributed by atoms with Crippen LogP contribution in [0.3, 0.4) is 0 Å². The Kier molecular flexibility index (Phi) is 4.89. The second kappa shape index (κ2) is 7.13. The Balaban J connectivity index is 1.54. The fourth-order valence-corrected chi connectivity index (χ4v) is 5.86. The van der Waals surface area contributed by atoms with Crippen LogP contribution in [0.1, 0.15) is 44.0 Å². The largest absolute Gasteiger partial charge is 0.467 e. The first kappa shape index (κ1) is 19.9. The number of carbonyl (C=O) groups is 1. The lowest BCUT2D eigenvalue weighted by Crippen LogP contribution is -2.35. The Morgan fingerprint density at radius 2 is 2.00 bits per heavy atom. The molecule has 1 aliphatic heterocycles. The summed E-state index contributed by atoms with van der Waals surface area (Å²) >= 11 is 1.49. The van der Waals surface area contributed by atoms with Gasteiger partial charge in [0, 0.05) is 15.6 Å². The highest BCUT2D eigenvalue weighted by atomic mass is 32.2. The average Bonchev–Trinajstić information content (AvgIpc) is 3.42. The van der Waals surface area contributed by atoms with Crippen LogP contribution in [0.15, 0.2) is 28.0 Å². The summed E-state index contributed by atoms with van der Waals surface area (Å²) in [5.74, 6) is 0.682. The van der Waals surface area contributed by atoms with Crippen molar-refractivity contribution in [2.75, 3.05) is 12.4 Å². The molecule has 0 saturated heterocycles. The minimum Gasteiger partial charge on any atom is -0.467 e. The van der Waals surface area contributed by atoms with Gasteiger partial charge in [0.2, 0.25) is 5.95 Å². The molecule has 1 aromatic carbocycles.